The van der Waals surface area contributed by atoms with Crippen molar-refractivity contribution in [2.24, 2.45) is 40.9 Å². The number of aliphatic hydroxyl groups is 1. The second-order valence-electron chi connectivity index (χ2n) is 17.0. The third-order valence-corrected chi connectivity index (χ3v) is 14.8. The summed E-state index contributed by atoms with van der Waals surface area (Å²) in [5.74, 6) is -0.867. The molecule has 4 aliphatic heterocycles. The number of Topliss-reactive ketones (excluding diaryl/α,β-unsaturated/α-hetero) is 1. The number of amides is 1. The van der Waals surface area contributed by atoms with Gasteiger partial charge in [-0.15, -0.1) is 0 Å². The summed E-state index contributed by atoms with van der Waals surface area (Å²) in [6.45, 7) is 7.31. The minimum Gasteiger partial charge on any atom is -0.389 e. The lowest BCUT2D eigenvalue weighted by molar-refractivity contribution is -0.371. The average Bonchev–Trinajstić information content (AvgIpc) is 3.63. The van der Waals surface area contributed by atoms with E-state index in [2.05, 4.69) is 37.8 Å². The maximum absolute atomic E-state index is 15.2. The lowest BCUT2D eigenvalue weighted by Crippen LogP contribution is -2.79. The fourth-order valence-electron chi connectivity index (χ4n) is 12.4. The molecule has 49 heavy (non-hydrogen) atoms. The van der Waals surface area contributed by atoms with Crippen molar-refractivity contribution in [1.29, 1.82) is 0 Å². The highest BCUT2D eigenvalue weighted by molar-refractivity contribution is 5.83. The molecule has 0 unspecified atom stereocenters. The van der Waals surface area contributed by atoms with Crippen molar-refractivity contribution in [2.45, 2.75) is 107 Å². The Morgan fingerprint density at radius 2 is 1.57 bits per heavy atom. The largest absolute Gasteiger partial charge is 0.389 e. The van der Waals surface area contributed by atoms with Crippen LogP contribution in [0, 0.1) is 40.9 Å². The van der Waals surface area contributed by atoms with Crippen LogP contribution in [-0.4, -0.2) is 63.3 Å². The maximum atomic E-state index is 15.2. The quantitative estimate of drug-likeness (QED) is 0.399. The van der Waals surface area contributed by atoms with Crippen LogP contribution < -0.4 is 0 Å². The molecule has 3 saturated carbocycles. The van der Waals surface area contributed by atoms with Crippen LogP contribution in [0.1, 0.15) is 83.0 Å². The van der Waals surface area contributed by atoms with Crippen LogP contribution in [0.2, 0.25) is 0 Å². The number of nitrogens with zero attached hydrogens (tertiary/aromatic N) is 1. The Hall–Kier alpha value is -2.88. The molecule has 8 heteroatoms. The smallest absolute Gasteiger partial charge is 0.226 e. The van der Waals surface area contributed by atoms with Gasteiger partial charge in [-0.3, -0.25) is 9.59 Å². The second-order valence-corrected chi connectivity index (χ2v) is 17.0. The van der Waals surface area contributed by atoms with Gasteiger partial charge in [0.2, 0.25) is 5.91 Å². The average molecular weight is 666 g/mol. The summed E-state index contributed by atoms with van der Waals surface area (Å²) in [6.07, 6.45) is 5.68. The van der Waals surface area contributed by atoms with Gasteiger partial charge in [0.15, 0.2) is 12.6 Å². The van der Waals surface area contributed by atoms with Crippen LogP contribution in [-0.2, 0) is 28.5 Å². The van der Waals surface area contributed by atoms with E-state index in [1.165, 1.54) is 0 Å². The third kappa shape index (κ3) is 3.88. The van der Waals surface area contributed by atoms with Crippen molar-refractivity contribution in [2.75, 3.05) is 6.54 Å². The SMILES string of the molecule is C[C@H]1CC[C@@H]2N(C1)C(=O)[C@@H]1[C@@H]3[C@@H](O[C@H](c4ccccc4)O[C@@]32C)[C@@H]2O[C@H](c3ccccc3)O[C@]23[C@H]1C[C@@]1(O)[C@H]3C=C[C@@H]2CC(=O)CC[C@@]21C. The van der Waals surface area contributed by atoms with E-state index >= 15 is 4.79 Å². The predicted octanol–water partition coefficient (Wildman–Crippen LogP) is 5.91. The van der Waals surface area contributed by atoms with Crippen molar-refractivity contribution >= 4 is 11.7 Å². The molecule has 10 rings (SSSR count). The van der Waals surface area contributed by atoms with Gasteiger partial charge in [0.1, 0.15) is 17.5 Å². The summed E-state index contributed by atoms with van der Waals surface area (Å²) in [7, 11) is 0. The van der Waals surface area contributed by atoms with Crippen molar-refractivity contribution in [1.82, 2.24) is 4.90 Å². The van der Waals surface area contributed by atoms with E-state index in [1.807, 2.05) is 60.7 Å². The zero-order chi connectivity index (χ0) is 33.5. The minimum absolute atomic E-state index is 0.0683. The van der Waals surface area contributed by atoms with Crippen molar-refractivity contribution in [3.63, 3.8) is 0 Å². The molecular weight excluding hydrogens is 618 g/mol. The number of rotatable bonds is 2. The van der Waals surface area contributed by atoms with Gasteiger partial charge in [0.05, 0.1) is 29.3 Å². The highest BCUT2D eigenvalue weighted by Gasteiger charge is 2.83. The number of piperidine rings is 2. The lowest BCUT2D eigenvalue weighted by atomic mass is 9.51. The van der Waals surface area contributed by atoms with Crippen LogP contribution in [0.15, 0.2) is 72.8 Å². The number of carbonyl (C=O) groups is 2. The zero-order valence-corrected chi connectivity index (χ0v) is 28.6. The Labute approximate surface area is 288 Å². The summed E-state index contributed by atoms with van der Waals surface area (Å²) in [5, 5.41) is 13.4. The van der Waals surface area contributed by atoms with Crippen LogP contribution in [0.3, 0.4) is 0 Å². The zero-order valence-electron chi connectivity index (χ0n) is 28.6. The van der Waals surface area contributed by atoms with E-state index < -0.39 is 58.8 Å². The van der Waals surface area contributed by atoms with Gasteiger partial charge in [-0.2, -0.15) is 0 Å². The van der Waals surface area contributed by atoms with Crippen molar-refractivity contribution < 1.29 is 33.6 Å². The molecular formula is C41H47NO7. The molecule has 2 aromatic rings. The molecule has 4 heterocycles. The Bertz CT molecular complexity index is 1720. The fourth-order valence-corrected chi connectivity index (χ4v) is 12.4. The predicted molar refractivity (Wildman–Crippen MR) is 178 cm³/mol. The Kier molecular flexibility index (Phi) is 6.53. The highest BCUT2D eigenvalue weighted by atomic mass is 16.8. The second kappa shape index (κ2) is 10.3. The van der Waals surface area contributed by atoms with E-state index in [1.54, 1.807) is 0 Å². The number of ether oxygens (including phenoxy) is 4. The van der Waals surface area contributed by atoms with Gasteiger partial charge in [-0.1, -0.05) is 86.7 Å². The molecule has 8 aliphatic rings. The summed E-state index contributed by atoms with van der Waals surface area (Å²) in [6, 6.07) is 20.0. The van der Waals surface area contributed by atoms with Crippen LogP contribution in [0.4, 0.5) is 0 Å². The molecule has 4 saturated heterocycles. The molecule has 2 aromatic carbocycles. The summed E-state index contributed by atoms with van der Waals surface area (Å²) >= 11 is 0. The molecule has 1 N–H and O–H groups in total. The van der Waals surface area contributed by atoms with Gasteiger partial charge >= 0.3 is 0 Å². The summed E-state index contributed by atoms with van der Waals surface area (Å²) in [4.78, 5) is 30.1. The van der Waals surface area contributed by atoms with Crippen molar-refractivity contribution in [3.8, 4) is 0 Å². The lowest BCUT2D eigenvalue weighted by Gasteiger charge is -2.66. The Morgan fingerprint density at radius 1 is 0.878 bits per heavy atom. The number of hydrogen-bond donors (Lipinski definition) is 1. The molecule has 8 nitrogen and oxygen atoms in total. The number of benzene rings is 2. The molecule has 4 aliphatic carbocycles. The van der Waals surface area contributed by atoms with Gasteiger partial charge < -0.3 is 29.0 Å². The maximum Gasteiger partial charge on any atom is 0.226 e. The first kappa shape index (κ1) is 30.9. The monoisotopic (exact) mass is 665 g/mol. The molecule has 0 aromatic heterocycles. The number of carbonyl (C=O) groups excluding carboxylic acids is 2. The molecule has 7 fully saturated rings. The van der Waals surface area contributed by atoms with E-state index in [0.29, 0.717) is 38.1 Å². The van der Waals surface area contributed by atoms with Crippen molar-refractivity contribution in [3.05, 3.63) is 83.9 Å². The first-order chi connectivity index (χ1) is 23.6. The van der Waals surface area contributed by atoms with E-state index in [0.717, 1.165) is 24.0 Å². The van der Waals surface area contributed by atoms with Gasteiger partial charge in [-0.05, 0) is 44.4 Å². The van der Waals surface area contributed by atoms with Crippen LogP contribution >= 0.6 is 0 Å². The minimum atomic E-state index is -1.21. The molecule has 15 atom stereocenters. The fraction of sp³-hybridized carbons (Fsp3) is 0.610. The molecule has 0 radical (unpaired) electrons. The molecule has 1 amide bonds. The van der Waals surface area contributed by atoms with Crippen LogP contribution in [0.25, 0.3) is 0 Å². The van der Waals surface area contributed by atoms with E-state index in [-0.39, 0.29) is 35.5 Å². The normalized spacial score (nSPS) is 50.9. The first-order valence-electron chi connectivity index (χ1n) is 18.6. The van der Waals surface area contributed by atoms with E-state index in [9.17, 15) is 9.90 Å². The standard InChI is InChI=1S/C41H47NO7/c1-23-14-17-30-39(3)32-31(35(44)42(30)22-23)28-21-40(45)29(16-15-26-20-27(43)18-19-38(26,40)2)41(28)34(47-37(49-41)25-12-8-5-9-13-25)33(32)46-36(48-39)24-10-6-4-7-11-24/h4-13,15-16,23,26,28-34,36-37,45H,14,17-22H2,1-3H3/t23-,26+,28-,29+,30-,31-,32+,33+,34-,36-,37-,38-,39+,40+,41-/m0/s1. The molecule has 0 bridgehead atoms. The topological polar surface area (TPSA) is 94.5 Å². The number of hydrogen-bond acceptors (Lipinski definition) is 7. The summed E-state index contributed by atoms with van der Waals surface area (Å²) in [5.41, 5.74) is -1.66. The molecule has 1 spiro atoms. The molecule has 258 valence electrons. The van der Waals surface area contributed by atoms with E-state index in [4.69, 9.17) is 18.9 Å². The highest BCUT2D eigenvalue weighted by Crippen LogP contribution is 2.73. The third-order valence-electron chi connectivity index (χ3n) is 14.8. The van der Waals surface area contributed by atoms with Gasteiger partial charge in [-0.25, -0.2) is 0 Å². The Balaban J connectivity index is 1.19. The number of ketones is 1. The summed E-state index contributed by atoms with van der Waals surface area (Å²) < 4.78 is 28.9. The van der Waals surface area contributed by atoms with Gasteiger partial charge in [0.25, 0.3) is 0 Å². The van der Waals surface area contributed by atoms with Crippen LogP contribution in [0.5, 0.6) is 0 Å². The number of fused-ring (bicyclic) bond motifs is 7. The van der Waals surface area contributed by atoms with Gasteiger partial charge in [0, 0.05) is 53.7 Å². The first-order valence-corrected chi connectivity index (χ1v) is 18.6. The Morgan fingerprint density at radius 3 is 2.29 bits per heavy atom. The number of allylic oxidation sites excluding steroid dienone is 1.